The Morgan fingerprint density at radius 3 is 2.37 bits per heavy atom. The number of ether oxygens (including phenoxy) is 1. The summed E-state index contributed by atoms with van der Waals surface area (Å²) >= 11 is 0. The summed E-state index contributed by atoms with van der Waals surface area (Å²) in [6.45, 7) is 1.72. The first-order chi connectivity index (χ1) is 14.5. The van der Waals surface area contributed by atoms with Gasteiger partial charge in [0.1, 0.15) is 17.2 Å². The summed E-state index contributed by atoms with van der Waals surface area (Å²) in [5.74, 6) is -1.81. The maximum absolute atomic E-state index is 14.9. The zero-order valence-corrected chi connectivity index (χ0v) is 16.1. The van der Waals surface area contributed by atoms with Crippen molar-refractivity contribution in [3.8, 4) is 16.8 Å². The van der Waals surface area contributed by atoms with Crippen LogP contribution in [-0.4, -0.2) is 17.1 Å². The highest BCUT2D eigenvalue weighted by molar-refractivity contribution is 5.95. The van der Waals surface area contributed by atoms with Crippen molar-refractivity contribution in [3.63, 3.8) is 0 Å². The van der Waals surface area contributed by atoms with Crippen LogP contribution < -0.4 is 5.43 Å². The molecule has 4 rings (SSSR count). The average Bonchev–Trinajstić information content (AvgIpc) is 2.75. The molecule has 0 atom stereocenters. The summed E-state index contributed by atoms with van der Waals surface area (Å²) in [4.78, 5) is 25.3. The zero-order valence-electron chi connectivity index (χ0n) is 16.1. The number of hydrogen-bond donors (Lipinski definition) is 0. The second-order valence-corrected chi connectivity index (χ2v) is 6.65. The lowest BCUT2D eigenvalue weighted by molar-refractivity contribution is 0.0524. The van der Waals surface area contributed by atoms with E-state index in [2.05, 4.69) is 0 Å². The molecule has 0 saturated heterocycles. The van der Waals surface area contributed by atoms with Crippen LogP contribution in [0.15, 0.2) is 77.7 Å². The molecule has 0 fully saturated rings. The van der Waals surface area contributed by atoms with Crippen LogP contribution in [0.2, 0.25) is 0 Å². The number of carbonyl (C=O) groups is 1. The van der Waals surface area contributed by atoms with E-state index in [0.717, 1.165) is 6.07 Å². The fourth-order valence-corrected chi connectivity index (χ4v) is 3.35. The molecule has 1 heterocycles. The zero-order chi connectivity index (χ0) is 21.3. The molecule has 0 amide bonds. The van der Waals surface area contributed by atoms with E-state index in [1.54, 1.807) is 41.8 Å². The summed E-state index contributed by atoms with van der Waals surface area (Å²) in [5.41, 5.74) is 1.00. The van der Waals surface area contributed by atoms with Gasteiger partial charge in [0.05, 0.1) is 12.1 Å². The van der Waals surface area contributed by atoms with Crippen molar-refractivity contribution in [1.82, 2.24) is 4.57 Å². The van der Waals surface area contributed by atoms with Gasteiger partial charge in [-0.2, -0.15) is 0 Å². The molecule has 0 aliphatic rings. The van der Waals surface area contributed by atoms with Gasteiger partial charge in [0.15, 0.2) is 0 Å². The Morgan fingerprint density at radius 2 is 1.70 bits per heavy atom. The van der Waals surface area contributed by atoms with Gasteiger partial charge in [0.2, 0.25) is 5.43 Å². The highest BCUT2D eigenvalue weighted by Gasteiger charge is 2.19. The number of benzene rings is 3. The van der Waals surface area contributed by atoms with Crippen molar-refractivity contribution in [3.05, 3.63) is 100 Å². The van der Waals surface area contributed by atoms with Gasteiger partial charge in [-0.15, -0.1) is 0 Å². The van der Waals surface area contributed by atoms with E-state index in [4.69, 9.17) is 4.74 Å². The van der Waals surface area contributed by atoms with E-state index in [1.807, 2.05) is 6.07 Å². The number of esters is 1. The minimum Gasteiger partial charge on any atom is -0.462 e. The van der Waals surface area contributed by atoms with E-state index in [-0.39, 0.29) is 17.6 Å². The first-order valence-corrected chi connectivity index (χ1v) is 9.37. The molecule has 0 N–H and O–H groups in total. The molecular formula is C24H17F2NO3. The molecule has 4 aromatic rings. The van der Waals surface area contributed by atoms with Crippen molar-refractivity contribution in [1.29, 1.82) is 0 Å². The van der Waals surface area contributed by atoms with Crippen LogP contribution in [0, 0.1) is 11.6 Å². The minimum atomic E-state index is -0.798. The second kappa shape index (κ2) is 7.91. The van der Waals surface area contributed by atoms with Gasteiger partial charge in [-0.1, -0.05) is 30.3 Å². The van der Waals surface area contributed by atoms with Crippen molar-refractivity contribution in [2.75, 3.05) is 6.61 Å². The van der Waals surface area contributed by atoms with E-state index < -0.39 is 23.0 Å². The molecule has 1 aromatic heterocycles. The molecule has 150 valence electrons. The Kier molecular flexibility index (Phi) is 5.14. The minimum absolute atomic E-state index is 0.0297. The predicted molar refractivity (Wildman–Crippen MR) is 111 cm³/mol. The number of fused-ring (bicyclic) bond motifs is 1. The lowest BCUT2D eigenvalue weighted by Crippen LogP contribution is -2.20. The summed E-state index contributed by atoms with van der Waals surface area (Å²) in [6, 6.07) is 17.2. The van der Waals surface area contributed by atoms with Gasteiger partial charge in [-0.3, -0.25) is 4.79 Å². The van der Waals surface area contributed by atoms with Crippen LogP contribution in [0.3, 0.4) is 0 Å². The topological polar surface area (TPSA) is 48.3 Å². The first kappa shape index (κ1) is 19.5. The monoisotopic (exact) mass is 405 g/mol. The third-order valence-corrected chi connectivity index (χ3v) is 4.78. The molecule has 6 heteroatoms. The van der Waals surface area contributed by atoms with Gasteiger partial charge in [0, 0.05) is 22.8 Å². The fourth-order valence-electron chi connectivity index (χ4n) is 3.35. The molecule has 30 heavy (non-hydrogen) atoms. The molecule has 0 radical (unpaired) electrons. The molecule has 0 aliphatic heterocycles. The Balaban J connectivity index is 2.06. The highest BCUT2D eigenvalue weighted by Crippen LogP contribution is 2.28. The SMILES string of the molecule is CCOC(=O)c1cn(-c2ccc(F)cc2)c2cc(-c3ccccc3)c(F)cc2c1=O. The van der Waals surface area contributed by atoms with Crippen molar-refractivity contribution in [2.24, 2.45) is 0 Å². The Labute approximate surface area is 171 Å². The van der Waals surface area contributed by atoms with Gasteiger partial charge in [-0.05, 0) is 48.9 Å². The van der Waals surface area contributed by atoms with Crippen molar-refractivity contribution >= 4 is 16.9 Å². The van der Waals surface area contributed by atoms with Gasteiger partial charge in [-0.25, -0.2) is 13.6 Å². The second-order valence-electron chi connectivity index (χ2n) is 6.65. The van der Waals surface area contributed by atoms with Crippen LogP contribution >= 0.6 is 0 Å². The number of hydrogen-bond acceptors (Lipinski definition) is 3. The van der Waals surface area contributed by atoms with Crippen LogP contribution in [-0.2, 0) is 4.74 Å². The van der Waals surface area contributed by atoms with Crippen molar-refractivity contribution in [2.45, 2.75) is 6.92 Å². The molecule has 0 bridgehead atoms. The lowest BCUT2D eigenvalue weighted by atomic mass is 10.0. The van der Waals surface area contributed by atoms with E-state index >= 15 is 0 Å². The molecule has 0 saturated carbocycles. The smallest absolute Gasteiger partial charge is 0.343 e. The predicted octanol–water partition coefficient (Wildman–Crippen LogP) is 5.11. The standard InChI is InChI=1S/C24H17F2NO3/c1-2-30-24(29)20-14-27(17-10-8-16(25)9-11-17)22-13-18(15-6-4-3-5-7-15)21(26)12-19(22)23(20)28/h3-14H,2H2,1H3. The Morgan fingerprint density at radius 1 is 1.00 bits per heavy atom. The summed E-state index contributed by atoms with van der Waals surface area (Å²) in [5, 5.41) is 0.0297. The van der Waals surface area contributed by atoms with Gasteiger partial charge < -0.3 is 9.30 Å². The maximum Gasteiger partial charge on any atom is 0.343 e. The van der Waals surface area contributed by atoms with Crippen LogP contribution in [0.1, 0.15) is 17.3 Å². The molecular weight excluding hydrogens is 388 g/mol. The molecule has 4 nitrogen and oxygen atoms in total. The molecule has 0 spiro atoms. The third kappa shape index (κ3) is 3.48. The molecule has 3 aromatic carbocycles. The summed E-state index contributed by atoms with van der Waals surface area (Å²) in [7, 11) is 0. The summed E-state index contributed by atoms with van der Waals surface area (Å²) in [6.07, 6.45) is 1.35. The number of nitrogens with zero attached hydrogens (tertiary/aromatic N) is 1. The third-order valence-electron chi connectivity index (χ3n) is 4.78. The normalized spacial score (nSPS) is 10.9. The number of aromatic nitrogens is 1. The Hall–Kier alpha value is -3.80. The number of halogens is 2. The number of rotatable bonds is 4. The largest absolute Gasteiger partial charge is 0.462 e. The quantitative estimate of drug-likeness (QED) is 0.443. The first-order valence-electron chi connectivity index (χ1n) is 9.37. The molecule has 0 unspecified atom stereocenters. The molecule has 0 aliphatic carbocycles. The fraction of sp³-hybridized carbons (Fsp3) is 0.0833. The van der Waals surface area contributed by atoms with E-state index in [1.165, 1.54) is 30.5 Å². The van der Waals surface area contributed by atoms with Crippen LogP contribution in [0.4, 0.5) is 8.78 Å². The Bertz CT molecular complexity index is 1300. The van der Waals surface area contributed by atoms with Crippen LogP contribution in [0.5, 0.6) is 0 Å². The van der Waals surface area contributed by atoms with Gasteiger partial charge >= 0.3 is 5.97 Å². The van der Waals surface area contributed by atoms with Gasteiger partial charge in [0.25, 0.3) is 0 Å². The summed E-state index contributed by atoms with van der Waals surface area (Å²) < 4.78 is 34.9. The highest BCUT2D eigenvalue weighted by atomic mass is 19.1. The average molecular weight is 405 g/mol. The number of pyridine rings is 1. The maximum atomic E-state index is 14.9. The number of carbonyl (C=O) groups excluding carboxylic acids is 1. The van der Waals surface area contributed by atoms with Crippen molar-refractivity contribution < 1.29 is 18.3 Å². The van der Waals surface area contributed by atoms with Crippen LogP contribution in [0.25, 0.3) is 27.7 Å². The van der Waals surface area contributed by atoms with E-state index in [9.17, 15) is 18.4 Å². The van der Waals surface area contributed by atoms with E-state index in [0.29, 0.717) is 22.3 Å². The lowest BCUT2D eigenvalue weighted by Gasteiger charge is -2.15.